The molecule has 0 aromatic carbocycles. The van der Waals surface area contributed by atoms with E-state index < -0.39 is 0 Å². The summed E-state index contributed by atoms with van der Waals surface area (Å²) in [6, 6.07) is 3.78. The Labute approximate surface area is 167 Å². The molecular formula is C18H23ClN6OS. The van der Waals surface area contributed by atoms with Crippen molar-refractivity contribution in [2.45, 2.75) is 31.3 Å². The molecule has 0 unspecified atom stereocenters. The Balaban J connectivity index is 1.54. The Bertz CT molecular complexity index is 918. The molecule has 3 aromatic rings. The summed E-state index contributed by atoms with van der Waals surface area (Å²) in [5, 5.41) is 10.6. The van der Waals surface area contributed by atoms with Gasteiger partial charge in [-0.1, -0.05) is 37.2 Å². The molecule has 1 fully saturated rings. The zero-order chi connectivity index (χ0) is 18.8. The number of pyridine rings is 1. The summed E-state index contributed by atoms with van der Waals surface area (Å²) in [6.07, 6.45) is 3.89. The molecule has 0 radical (unpaired) electrons. The first-order chi connectivity index (χ1) is 13.1. The van der Waals surface area contributed by atoms with Gasteiger partial charge in [-0.05, 0) is 18.1 Å². The molecule has 9 heteroatoms. The standard InChI is InChI=1S/C18H23ClN6OS/c1-13(2)9-25-17(23-5-7-26-8-6-23)21-22-18(25)27-12-15-11-24-10-14(19)3-4-16(24)20-15/h3-4,10-11,13H,5-9,12H2,1-2H3. The molecule has 0 saturated carbocycles. The fourth-order valence-corrected chi connectivity index (χ4v) is 4.13. The van der Waals surface area contributed by atoms with Crippen LogP contribution < -0.4 is 4.90 Å². The quantitative estimate of drug-likeness (QED) is 0.585. The van der Waals surface area contributed by atoms with Crippen LogP contribution in [0.15, 0.2) is 29.7 Å². The summed E-state index contributed by atoms with van der Waals surface area (Å²) >= 11 is 7.73. The SMILES string of the molecule is CC(C)Cn1c(SCc2cn3cc(Cl)ccc3n2)nnc1N1CCOCC1. The van der Waals surface area contributed by atoms with Gasteiger partial charge < -0.3 is 14.0 Å². The molecule has 0 N–H and O–H groups in total. The van der Waals surface area contributed by atoms with Crippen molar-refractivity contribution in [3.8, 4) is 0 Å². The Morgan fingerprint density at radius 2 is 2.00 bits per heavy atom. The third kappa shape index (κ3) is 4.23. The maximum atomic E-state index is 6.06. The second-order valence-electron chi connectivity index (χ2n) is 7.02. The predicted octanol–water partition coefficient (Wildman–Crippen LogP) is 3.36. The Kier molecular flexibility index (Phi) is 5.56. The number of hydrogen-bond donors (Lipinski definition) is 0. The minimum absolute atomic E-state index is 0.512. The monoisotopic (exact) mass is 406 g/mol. The van der Waals surface area contributed by atoms with Gasteiger partial charge in [-0.3, -0.25) is 4.57 Å². The molecule has 4 heterocycles. The number of halogens is 1. The molecule has 1 aliphatic heterocycles. The van der Waals surface area contributed by atoms with Crippen LogP contribution in [0.25, 0.3) is 5.65 Å². The van der Waals surface area contributed by atoms with Gasteiger partial charge in [0, 0.05) is 37.8 Å². The molecule has 1 aliphatic rings. The van der Waals surface area contributed by atoms with E-state index in [1.165, 1.54) is 0 Å². The summed E-state index contributed by atoms with van der Waals surface area (Å²) in [6.45, 7) is 8.50. The van der Waals surface area contributed by atoms with E-state index in [4.69, 9.17) is 16.3 Å². The number of thioether (sulfide) groups is 1. The number of morpholine rings is 1. The predicted molar refractivity (Wildman–Crippen MR) is 108 cm³/mol. The Morgan fingerprint density at radius 1 is 1.19 bits per heavy atom. The molecule has 0 amide bonds. The highest BCUT2D eigenvalue weighted by molar-refractivity contribution is 7.98. The van der Waals surface area contributed by atoms with E-state index >= 15 is 0 Å². The fourth-order valence-electron chi connectivity index (χ4n) is 3.14. The van der Waals surface area contributed by atoms with Crippen LogP contribution in [-0.2, 0) is 17.0 Å². The molecule has 27 heavy (non-hydrogen) atoms. The van der Waals surface area contributed by atoms with Gasteiger partial charge in [0.1, 0.15) is 5.65 Å². The van der Waals surface area contributed by atoms with Crippen LogP contribution in [0.3, 0.4) is 0 Å². The molecule has 0 atom stereocenters. The van der Waals surface area contributed by atoms with Crippen molar-refractivity contribution >= 4 is 35.0 Å². The highest BCUT2D eigenvalue weighted by Gasteiger charge is 2.21. The normalized spacial score (nSPS) is 15.2. The number of rotatable bonds is 6. The molecule has 7 nitrogen and oxygen atoms in total. The number of fused-ring (bicyclic) bond motifs is 1. The van der Waals surface area contributed by atoms with Gasteiger partial charge in [0.2, 0.25) is 5.95 Å². The van der Waals surface area contributed by atoms with Crippen molar-refractivity contribution < 1.29 is 4.74 Å². The van der Waals surface area contributed by atoms with E-state index in [9.17, 15) is 0 Å². The van der Waals surface area contributed by atoms with E-state index in [-0.39, 0.29) is 0 Å². The number of anilines is 1. The lowest BCUT2D eigenvalue weighted by molar-refractivity contribution is 0.121. The summed E-state index contributed by atoms with van der Waals surface area (Å²) in [4.78, 5) is 6.92. The van der Waals surface area contributed by atoms with Crippen molar-refractivity contribution in [2.24, 2.45) is 5.92 Å². The van der Waals surface area contributed by atoms with Crippen molar-refractivity contribution in [2.75, 3.05) is 31.2 Å². The van der Waals surface area contributed by atoms with Crippen LogP contribution in [-0.4, -0.2) is 50.5 Å². The molecular weight excluding hydrogens is 384 g/mol. The van der Waals surface area contributed by atoms with Crippen molar-refractivity contribution in [3.63, 3.8) is 0 Å². The summed E-state index contributed by atoms with van der Waals surface area (Å²) < 4.78 is 9.65. The van der Waals surface area contributed by atoms with E-state index in [0.29, 0.717) is 10.9 Å². The summed E-state index contributed by atoms with van der Waals surface area (Å²) in [7, 11) is 0. The fraction of sp³-hybridized carbons (Fsp3) is 0.500. The highest BCUT2D eigenvalue weighted by atomic mass is 35.5. The molecule has 0 aliphatic carbocycles. The van der Waals surface area contributed by atoms with E-state index in [1.807, 2.05) is 28.9 Å². The average Bonchev–Trinajstić information content (AvgIpc) is 3.23. The van der Waals surface area contributed by atoms with Gasteiger partial charge >= 0.3 is 0 Å². The molecule has 4 rings (SSSR count). The third-order valence-corrected chi connectivity index (χ3v) is 5.58. The number of imidazole rings is 1. The van der Waals surface area contributed by atoms with Crippen LogP contribution in [0.2, 0.25) is 5.02 Å². The van der Waals surface area contributed by atoms with Crippen molar-refractivity contribution in [3.05, 3.63) is 35.2 Å². The Hall–Kier alpha value is -1.77. The topological polar surface area (TPSA) is 60.5 Å². The van der Waals surface area contributed by atoms with E-state index in [1.54, 1.807) is 11.8 Å². The largest absolute Gasteiger partial charge is 0.378 e. The highest BCUT2D eigenvalue weighted by Crippen LogP contribution is 2.27. The molecule has 0 spiro atoms. The lowest BCUT2D eigenvalue weighted by Gasteiger charge is -2.28. The minimum Gasteiger partial charge on any atom is -0.378 e. The van der Waals surface area contributed by atoms with Crippen LogP contribution in [0.4, 0.5) is 5.95 Å². The van der Waals surface area contributed by atoms with Crippen LogP contribution in [0, 0.1) is 5.92 Å². The first kappa shape index (κ1) is 18.6. The first-order valence-corrected chi connectivity index (χ1v) is 10.5. The Morgan fingerprint density at radius 3 is 2.78 bits per heavy atom. The van der Waals surface area contributed by atoms with Gasteiger partial charge in [-0.15, -0.1) is 10.2 Å². The molecule has 0 bridgehead atoms. The van der Waals surface area contributed by atoms with Gasteiger partial charge in [0.05, 0.1) is 23.9 Å². The maximum Gasteiger partial charge on any atom is 0.228 e. The zero-order valence-electron chi connectivity index (χ0n) is 15.5. The number of aromatic nitrogens is 5. The van der Waals surface area contributed by atoms with Gasteiger partial charge in [0.25, 0.3) is 0 Å². The van der Waals surface area contributed by atoms with Crippen LogP contribution in [0.5, 0.6) is 0 Å². The lowest BCUT2D eigenvalue weighted by Crippen LogP contribution is -2.38. The third-order valence-electron chi connectivity index (χ3n) is 4.35. The lowest BCUT2D eigenvalue weighted by atomic mass is 10.2. The number of hydrogen-bond acceptors (Lipinski definition) is 6. The average molecular weight is 407 g/mol. The second kappa shape index (κ2) is 8.08. The first-order valence-electron chi connectivity index (χ1n) is 9.12. The number of ether oxygens (including phenoxy) is 1. The van der Waals surface area contributed by atoms with Crippen LogP contribution in [0.1, 0.15) is 19.5 Å². The summed E-state index contributed by atoms with van der Waals surface area (Å²) in [5.74, 6) is 2.19. The molecule has 3 aromatic heterocycles. The summed E-state index contributed by atoms with van der Waals surface area (Å²) in [5.41, 5.74) is 1.89. The van der Waals surface area contributed by atoms with Crippen molar-refractivity contribution in [1.82, 2.24) is 24.1 Å². The van der Waals surface area contributed by atoms with Crippen LogP contribution >= 0.6 is 23.4 Å². The molecule has 1 saturated heterocycles. The van der Waals surface area contributed by atoms with E-state index in [0.717, 1.165) is 61.0 Å². The maximum absolute atomic E-state index is 6.06. The molecule has 144 valence electrons. The second-order valence-corrected chi connectivity index (χ2v) is 8.40. The van der Waals surface area contributed by atoms with E-state index in [2.05, 4.69) is 38.5 Å². The van der Waals surface area contributed by atoms with Gasteiger partial charge in [-0.25, -0.2) is 4.98 Å². The zero-order valence-corrected chi connectivity index (χ0v) is 17.1. The minimum atomic E-state index is 0.512. The number of nitrogens with zero attached hydrogens (tertiary/aromatic N) is 6. The van der Waals surface area contributed by atoms with Gasteiger partial charge in [0.15, 0.2) is 5.16 Å². The van der Waals surface area contributed by atoms with Gasteiger partial charge in [-0.2, -0.15) is 0 Å². The smallest absolute Gasteiger partial charge is 0.228 e. The van der Waals surface area contributed by atoms with Crippen molar-refractivity contribution in [1.29, 1.82) is 0 Å².